The molecule has 0 saturated carbocycles. The van der Waals surface area contributed by atoms with E-state index in [0.717, 1.165) is 23.1 Å². The number of hydrogen-bond donors (Lipinski definition) is 1. The lowest BCUT2D eigenvalue weighted by molar-refractivity contribution is -0.137. The van der Waals surface area contributed by atoms with Gasteiger partial charge in [-0.15, -0.1) is 0 Å². The number of imidazole rings is 1. The van der Waals surface area contributed by atoms with Gasteiger partial charge in [0.15, 0.2) is 0 Å². The molecular weight excluding hydrogens is 363 g/mol. The van der Waals surface area contributed by atoms with Crippen molar-refractivity contribution in [2.24, 2.45) is 0 Å². The number of fused-ring (bicyclic) bond motifs is 2. The van der Waals surface area contributed by atoms with Crippen molar-refractivity contribution in [2.75, 3.05) is 5.32 Å². The summed E-state index contributed by atoms with van der Waals surface area (Å²) >= 11 is 0. The molecule has 4 rings (SSSR count). The van der Waals surface area contributed by atoms with Crippen LogP contribution in [0.25, 0.3) is 21.8 Å². The maximum Gasteiger partial charge on any atom is 0.416 e. The third kappa shape index (κ3) is 3.42. The Morgan fingerprint density at radius 1 is 0.964 bits per heavy atom. The van der Waals surface area contributed by atoms with Gasteiger partial charge in [-0.2, -0.15) is 13.2 Å². The van der Waals surface area contributed by atoms with E-state index in [9.17, 15) is 13.2 Å². The van der Waals surface area contributed by atoms with Crippen LogP contribution in [0, 0.1) is 0 Å². The van der Waals surface area contributed by atoms with Gasteiger partial charge in [-0.3, -0.25) is 0 Å². The molecule has 0 atom stereocenters. The molecule has 3 nitrogen and oxygen atoms in total. The zero-order valence-electron chi connectivity index (χ0n) is 15.6. The van der Waals surface area contributed by atoms with E-state index in [1.807, 2.05) is 36.6 Å². The predicted octanol–water partition coefficient (Wildman–Crippen LogP) is 6.40. The Bertz CT molecular complexity index is 1140. The Morgan fingerprint density at radius 2 is 1.71 bits per heavy atom. The standard InChI is InChI=1S/C22H20F3N3/c1-14(2)28-20-10-9-18(22(23,24)25)12-19(20)27-21(28)26-13-15-7-8-16-5-3-4-6-17(16)11-15/h3-12,14H,13H2,1-2H3,(H,26,27). The van der Waals surface area contributed by atoms with Crippen LogP contribution in [0.1, 0.15) is 31.0 Å². The van der Waals surface area contributed by atoms with Crippen molar-refractivity contribution in [3.05, 3.63) is 71.8 Å². The maximum atomic E-state index is 13.0. The largest absolute Gasteiger partial charge is 0.416 e. The molecule has 0 aliphatic heterocycles. The van der Waals surface area contributed by atoms with Crippen LogP contribution in [0.5, 0.6) is 0 Å². The van der Waals surface area contributed by atoms with Gasteiger partial charge in [-0.25, -0.2) is 4.98 Å². The summed E-state index contributed by atoms with van der Waals surface area (Å²) in [5, 5.41) is 5.61. The molecule has 0 aliphatic rings. The molecule has 3 aromatic carbocycles. The van der Waals surface area contributed by atoms with Crippen LogP contribution >= 0.6 is 0 Å². The summed E-state index contributed by atoms with van der Waals surface area (Å²) < 4.78 is 41.0. The van der Waals surface area contributed by atoms with Gasteiger partial charge in [0.05, 0.1) is 16.6 Å². The summed E-state index contributed by atoms with van der Waals surface area (Å²) in [6.45, 7) is 4.51. The minimum absolute atomic E-state index is 0.0563. The lowest BCUT2D eigenvalue weighted by Crippen LogP contribution is -2.09. The average molecular weight is 383 g/mol. The molecule has 0 fully saturated rings. The minimum atomic E-state index is -4.38. The Balaban J connectivity index is 1.67. The minimum Gasteiger partial charge on any atom is -0.352 e. The van der Waals surface area contributed by atoms with E-state index >= 15 is 0 Å². The first-order valence-electron chi connectivity index (χ1n) is 9.13. The number of nitrogens with one attached hydrogen (secondary N) is 1. The molecule has 0 saturated heterocycles. The highest BCUT2D eigenvalue weighted by molar-refractivity contribution is 5.83. The molecule has 0 amide bonds. The van der Waals surface area contributed by atoms with Gasteiger partial charge in [0.2, 0.25) is 5.95 Å². The van der Waals surface area contributed by atoms with Crippen LogP contribution in [-0.4, -0.2) is 9.55 Å². The average Bonchev–Trinajstić information content (AvgIpc) is 3.03. The number of benzene rings is 3. The van der Waals surface area contributed by atoms with Crippen LogP contribution in [0.2, 0.25) is 0 Å². The highest BCUT2D eigenvalue weighted by Gasteiger charge is 2.31. The van der Waals surface area contributed by atoms with Crippen LogP contribution in [0.3, 0.4) is 0 Å². The number of alkyl halides is 3. The van der Waals surface area contributed by atoms with Crippen molar-refractivity contribution < 1.29 is 13.2 Å². The van der Waals surface area contributed by atoms with Crippen molar-refractivity contribution in [3.63, 3.8) is 0 Å². The normalized spacial score (nSPS) is 12.2. The molecule has 0 spiro atoms. The molecule has 1 heterocycles. The van der Waals surface area contributed by atoms with Crippen molar-refractivity contribution in [3.8, 4) is 0 Å². The Kier molecular flexibility index (Phi) is 4.49. The van der Waals surface area contributed by atoms with E-state index in [-0.39, 0.29) is 6.04 Å². The number of hydrogen-bond acceptors (Lipinski definition) is 2. The number of rotatable bonds is 4. The van der Waals surface area contributed by atoms with E-state index in [2.05, 4.69) is 34.6 Å². The summed E-state index contributed by atoms with van der Waals surface area (Å²) in [6.07, 6.45) is -4.38. The quantitative estimate of drug-likeness (QED) is 0.442. The lowest BCUT2D eigenvalue weighted by atomic mass is 10.1. The summed E-state index contributed by atoms with van der Waals surface area (Å²) in [4.78, 5) is 4.44. The van der Waals surface area contributed by atoms with Gasteiger partial charge in [0.1, 0.15) is 0 Å². The van der Waals surface area contributed by atoms with Crippen molar-refractivity contribution in [1.29, 1.82) is 0 Å². The van der Waals surface area contributed by atoms with E-state index in [1.165, 1.54) is 11.5 Å². The first-order chi connectivity index (χ1) is 13.3. The van der Waals surface area contributed by atoms with Gasteiger partial charge in [-0.05, 0) is 54.4 Å². The zero-order valence-corrected chi connectivity index (χ0v) is 15.6. The first-order valence-corrected chi connectivity index (χ1v) is 9.13. The van der Waals surface area contributed by atoms with E-state index in [0.29, 0.717) is 23.5 Å². The van der Waals surface area contributed by atoms with Gasteiger partial charge in [0, 0.05) is 12.6 Å². The first kappa shape index (κ1) is 18.3. The summed E-state index contributed by atoms with van der Waals surface area (Å²) in [5.74, 6) is 0.567. The molecule has 28 heavy (non-hydrogen) atoms. The predicted molar refractivity (Wildman–Crippen MR) is 106 cm³/mol. The maximum absolute atomic E-state index is 13.0. The Labute approximate surface area is 160 Å². The molecular formula is C22H20F3N3. The van der Waals surface area contributed by atoms with E-state index in [4.69, 9.17) is 0 Å². The van der Waals surface area contributed by atoms with Crippen molar-refractivity contribution in [2.45, 2.75) is 32.6 Å². The number of anilines is 1. The van der Waals surface area contributed by atoms with Gasteiger partial charge in [0.25, 0.3) is 0 Å². The molecule has 4 aromatic rings. The van der Waals surface area contributed by atoms with Crippen molar-refractivity contribution in [1.82, 2.24) is 9.55 Å². The molecule has 0 unspecified atom stereocenters. The smallest absolute Gasteiger partial charge is 0.352 e. The molecule has 0 bridgehead atoms. The Morgan fingerprint density at radius 3 is 2.43 bits per heavy atom. The molecule has 1 N–H and O–H groups in total. The highest BCUT2D eigenvalue weighted by atomic mass is 19.4. The fourth-order valence-corrected chi connectivity index (χ4v) is 3.45. The van der Waals surface area contributed by atoms with Crippen LogP contribution in [0.4, 0.5) is 19.1 Å². The monoisotopic (exact) mass is 383 g/mol. The summed E-state index contributed by atoms with van der Waals surface area (Å²) in [5.41, 5.74) is 1.42. The van der Waals surface area contributed by atoms with E-state index in [1.54, 1.807) is 0 Å². The van der Waals surface area contributed by atoms with Crippen molar-refractivity contribution >= 4 is 27.8 Å². The molecule has 0 radical (unpaired) electrons. The van der Waals surface area contributed by atoms with Crippen LogP contribution in [0.15, 0.2) is 60.7 Å². The number of halogens is 3. The third-order valence-electron chi connectivity index (χ3n) is 4.80. The SMILES string of the molecule is CC(C)n1c(NCc2ccc3ccccc3c2)nc2cc(C(F)(F)F)ccc21. The second-order valence-corrected chi connectivity index (χ2v) is 7.14. The number of aromatic nitrogens is 2. The highest BCUT2D eigenvalue weighted by Crippen LogP contribution is 2.33. The molecule has 144 valence electrons. The van der Waals surface area contributed by atoms with Gasteiger partial charge >= 0.3 is 6.18 Å². The molecule has 6 heteroatoms. The fourth-order valence-electron chi connectivity index (χ4n) is 3.45. The second kappa shape index (κ2) is 6.86. The van der Waals surface area contributed by atoms with Crippen LogP contribution in [-0.2, 0) is 12.7 Å². The fraction of sp³-hybridized carbons (Fsp3) is 0.227. The Hall–Kier alpha value is -3.02. The summed E-state index contributed by atoms with van der Waals surface area (Å²) in [7, 11) is 0. The molecule has 1 aromatic heterocycles. The third-order valence-corrected chi connectivity index (χ3v) is 4.80. The van der Waals surface area contributed by atoms with Gasteiger partial charge < -0.3 is 9.88 Å². The number of nitrogens with zero attached hydrogens (tertiary/aromatic N) is 2. The zero-order chi connectivity index (χ0) is 19.9. The summed E-state index contributed by atoms with van der Waals surface area (Å²) in [6, 6.07) is 18.1. The van der Waals surface area contributed by atoms with Crippen LogP contribution < -0.4 is 5.32 Å². The molecule has 0 aliphatic carbocycles. The second-order valence-electron chi connectivity index (χ2n) is 7.14. The van der Waals surface area contributed by atoms with E-state index < -0.39 is 11.7 Å². The lowest BCUT2D eigenvalue weighted by Gasteiger charge is -2.14. The van der Waals surface area contributed by atoms with Gasteiger partial charge in [-0.1, -0.05) is 36.4 Å². The topological polar surface area (TPSA) is 29.9 Å².